The second-order valence-corrected chi connectivity index (χ2v) is 18.7. The van der Waals surface area contributed by atoms with Gasteiger partial charge >= 0.3 is 0 Å². The summed E-state index contributed by atoms with van der Waals surface area (Å²) in [6.07, 6.45) is 11.2. The van der Waals surface area contributed by atoms with E-state index in [1.165, 1.54) is 89.0 Å². The van der Waals surface area contributed by atoms with Crippen molar-refractivity contribution in [3.8, 4) is 89.0 Å². The molecule has 10 nitrogen and oxygen atoms in total. The molecular formula is C62H50Cl2N2O8. The third kappa shape index (κ3) is 15.0. The van der Waals surface area contributed by atoms with Gasteiger partial charge in [0.15, 0.2) is 24.8 Å². The number of hydrogen-bond donors (Lipinski definition) is 0. The molecule has 0 unspecified atom stereocenters. The molecule has 0 N–H and O–H groups in total. The summed E-state index contributed by atoms with van der Waals surface area (Å²) in [5, 5.41) is 0. The van der Waals surface area contributed by atoms with Crippen LogP contribution in [0.4, 0.5) is 0 Å². The Hall–Kier alpha value is -7.68. The van der Waals surface area contributed by atoms with Gasteiger partial charge in [-0.25, -0.2) is 46.4 Å². The van der Waals surface area contributed by atoms with Crippen LogP contribution in [-0.4, -0.2) is 0 Å². The van der Waals surface area contributed by atoms with Crippen LogP contribution < -0.4 is 46.4 Å². The lowest BCUT2D eigenvalue weighted by atomic mass is 9.85. The normalized spacial score (nSPS) is 11.2. The molecule has 0 fully saturated rings. The van der Waals surface area contributed by atoms with Gasteiger partial charge in [0.2, 0.25) is 0 Å². The van der Waals surface area contributed by atoms with E-state index in [1.54, 1.807) is 0 Å². The van der Waals surface area contributed by atoms with Crippen LogP contribution in [0, 0.1) is 20.5 Å². The van der Waals surface area contributed by atoms with Crippen molar-refractivity contribution in [3.63, 3.8) is 0 Å². The summed E-state index contributed by atoms with van der Waals surface area (Å²) in [4.78, 5) is 0. The predicted octanol–water partition coefficient (Wildman–Crippen LogP) is 5.57. The van der Waals surface area contributed by atoms with E-state index in [9.17, 15) is 0 Å². The first-order chi connectivity index (χ1) is 35.7. The maximum atomic E-state index is 8.49. The maximum absolute atomic E-state index is 8.49. The van der Waals surface area contributed by atoms with Crippen LogP contribution in [0.25, 0.3) is 89.0 Å². The second kappa shape index (κ2) is 24.8. The van der Waals surface area contributed by atoms with Crippen molar-refractivity contribution in [1.29, 1.82) is 0 Å². The Morgan fingerprint density at radius 1 is 0.243 bits per heavy atom. The molecule has 0 aliphatic carbocycles. The third-order valence-electron chi connectivity index (χ3n) is 12.3. The molecule has 0 aliphatic rings. The molecule has 0 spiro atoms. The zero-order chi connectivity index (χ0) is 51.9. The van der Waals surface area contributed by atoms with Crippen molar-refractivity contribution in [2.24, 2.45) is 0 Å². The summed E-state index contributed by atoms with van der Waals surface area (Å²) in [6.45, 7) is 1.91. The van der Waals surface area contributed by atoms with E-state index in [0.29, 0.717) is 0 Å². The number of rotatable bonds is 13. The summed E-state index contributed by atoms with van der Waals surface area (Å²) in [5.41, 5.74) is 19.6. The molecule has 370 valence electrons. The number of benzene rings is 8. The monoisotopic (exact) mass is 1020 g/mol. The van der Waals surface area contributed by atoms with E-state index >= 15 is 0 Å². The minimum atomic E-state index is -4.94. The van der Waals surface area contributed by atoms with Gasteiger partial charge in [-0.1, -0.05) is 182 Å². The topological polar surface area (TPSA) is 192 Å². The fraction of sp³-hybridized carbons (Fsp3) is 0.0645. The average Bonchev–Trinajstić information content (AvgIpc) is 3.42. The van der Waals surface area contributed by atoms with E-state index in [4.69, 9.17) is 37.3 Å². The molecule has 0 saturated carbocycles. The summed E-state index contributed by atoms with van der Waals surface area (Å²) in [7, 11) is -9.89. The number of aryl methyl sites for hydroxylation is 2. The number of aromatic nitrogens is 2. The van der Waals surface area contributed by atoms with E-state index in [1.807, 2.05) is 0 Å². The maximum Gasteiger partial charge on any atom is 0.169 e. The molecule has 0 radical (unpaired) electrons. The first-order valence-corrected chi connectivity index (χ1v) is 26.1. The lowest BCUT2D eigenvalue weighted by molar-refractivity contribution is -2.00. The lowest BCUT2D eigenvalue weighted by Gasteiger charge is -2.19. The number of unbranched alkanes of at least 4 members (excludes halogenated alkanes) is 1. The Morgan fingerprint density at radius 3 is 0.662 bits per heavy atom. The van der Waals surface area contributed by atoms with Gasteiger partial charge in [-0.3, -0.25) is 0 Å². The molecule has 2 aromatic heterocycles. The van der Waals surface area contributed by atoms with Gasteiger partial charge in [0, 0.05) is 37.1 Å². The van der Waals surface area contributed by atoms with Gasteiger partial charge in [0.05, 0.1) is 0 Å². The number of nitrogens with zero attached hydrogens (tertiary/aromatic N) is 2. The van der Waals surface area contributed by atoms with E-state index in [2.05, 4.69) is 264 Å². The number of hydrogen-bond acceptors (Lipinski definition) is 8. The van der Waals surface area contributed by atoms with Gasteiger partial charge in [0.25, 0.3) is 0 Å². The van der Waals surface area contributed by atoms with Crippen molar-refractivity contribution in [2.45, 2.75) is 25.9 Å². The van der Waals surface area contributed by atoms with Crippen LogP contribution >= 0.6 is 0 Å². The Morgan fingerprint density at radius 2 is 0.446 bits per heavy atom. The SMILES string of the molecule is [O-][Cl+3]([O-])([O-])[O-].[O-][Cl+3]([O-])([O-])[O-].c1ccc(-c2cc(-c3ccccc3)c(-c3cc[n+](CCCC[n+]4ccc(-c5c(-c6ccccc6)cc(-c6ccccc6)cc5-c5ccccc5)cc4)cc3)c(-c3ccccc3)c2)cc1. The van der Waals surface area contributed by atoms with Crippen LogP contribution in [0.15, 0.2) is 255 Å². The van der Waals surface area contributed by atoms with Crippen LogP contribution in [0.5, 0.6) is 0 Å². The minimum Gasteiger partial charge on any atom is -0.222 e. The molecule has 0 saturated heterocycles. The standard InChI is InChI=1S/C62H50N2.2ClHO4/c1-7-21-47(22-8-1)55-43-57(49-25-11-3-12-26-49)61(58(44-55)50-27-13-4-14-28-50)53-33-39-63(40-34-53)37-19-20-38-64-41-35-54(36-42-64)62-59(51-29-15-5-16-30-51)45-56(48-23-9-2-10-24-48)46-60(62)52-31-17-6-18-32-52;2*2-1(3,4)5/h1-18,21-36,39-46H,19-20,37-38H2;2*(H,2,3,4,5)/q+2;;/p-2. The van der Waals surface area contributed by atoms with E-state index < -0.39 is 20.5 Å². The van der Waals surface area contributed by atoms with Crippen LogP contribution in [-0.2, 0) is 13.1 Å². The molecule has 12 heteroatoms. The molecule has 2 heterocycles. The molecule has 10 rings (SSSR count). The zero-order valence-corrected chi connectivity index (χ0v) is 41.5. The van der Waals surface area contributed by atoms with Crippen molar-refractivity contribution in [3.05, 3.63) is 255 Å². The Balaban J connectivity index is 0.000000667. The first-order valence-electron chi connectivity index (χ1n) is 23.7. The highest BCUT2D eigenvalue weighted by atomic mass is 35.7. The van der Waals surface area contributed by atoms with Gasteiger partial charge < -0.3 is 0 Å². The number of halogens is 2. The molecule has 8 aromatic carbocycles. The van der Waals surface area contributed by atoms with Crippen molar-refractivity contribution in [1.82, 2.24) is 0 Å². The van der Waals surface area contributed by atoms with Crippen molar-refractivity contribution in [2.75, 3.05) is 0 Å². The Bertz CT molecular complexity index is 2970. The fourth-order valence-corrected chi connectivity index (χ4v) is 9.02. The Kier molecular flexibility index (Phi) is 17.7. The summed E-state index contributed by atoms with van der Waals surface area (Å²) >= 11 is 0. The van der Waals surface area contributed by atoms with Crippen LogP contribution in [0.1, 0.15) is 12.8 Å². The average molecular weight is 1020 g/mol. The highest BCUT2D eigenvalue weighted by Gasteiger charge is 2.20. The molecule has 0 bridgehead atoms. The quantitative estimate of drug-likeness (QED) is 0.106. The summed E-state index contributed by atoms with van der Waals surface area (Å²) < 4.78 is 72.6. The highest BCUT2D eigenvalue weighted by Crippen LogP contribution is 2.45. The van der Waals surface area contributed by atoms with E-state index in [-0.39, 0.29) is 0 Å². The molecule has 74 heavy (non-hydrogen) atoms. The van der Waals surface area contributed by atoms with Gasteiger partial charge in [-0.2, -0.15) is 0 Å². The summed E-state index contributed by atoms with van der Waals surface area (Å²) in [6, 6.07) is 83.4. The molecule has 0 aliphatic heterocycles. The molecule has 0 amide bonds. The van der Waals surface area contributed by atoms with Gasteiger partial charge in [0.1, 0.15) is 13.1 Å². The zero-order valence-electron chi connectivity index (χ0n) is 40.0. The first kappa shape index (κ1) is 52.6. The van der Waals surface area contributed by atoms with Crippen molar-refractivity contribution < 1.29 is 66.9 Å². The van der Waals surface area contributed by atoms with Crippen molar-refractivity contribution >= 4 is 0 Å². The molecular weight excluding hydrogens is 972 g/mol. The number of pyridine rings is 2. The smallest absolute Gasteiger partial charge is 0.169 e. The lowest BCUT2D eigenvalue weighted by Crippen LogP contribution is -2.68. The summed E-state index contributed by atoms with van der Waals surface area (Å²) in [5.74, 6) is 0. The van der Waals surface area contributed by atoms with Gasteiger partial charge in [-0.15, -0.1) is 20.5 Å². The van der Waals surface area contributed by atoms with E-state index in [0.717, 1.165) is 25.9 Å². The Labute approximate surface area is 435 Å². The third-order valence-corrected chi connectivity index (χ3v) is 12.3. The van der Waals surface area contributed by atoms with Crippen LogP contribution in [0.2, 0.25) is 0 Å². The highest BCUT2D eigenvalue weighted by molar-refractivity contribution is 5.99. The minimum absolute atomic E-state index is 0.956. The van der Waals surface area contributed by atoms with Crippen LogP contribution in [0.3, 0.4) is 0 Å². The second-order valence-electron chi connectivity index (χ2n) is 17.2. The van der Waals surface area contributed by atoms with Gasteiger partial charge in [-0.05, 0) is 113 Å². The predicted molar refractivity (Wildman–Crippen MR) is 266 cm³/mol. The molecule has 10 aromatic rings. The molecule has 0 atom stereocenters. The fourth-order valence-electron chi connectivity index (χ4n) is 9.02. The largest absolute Gasteiger partial charge is 0.222 e.